The third-order valence-electron chi connectivity index (χ3n) is 8.18. The minimum atomic E-state index is 0.433. The minimum Gasteiger partial charge on any atom is -0.456 e. The summed E-state index contributed by atoms with van der Waals surface area (Å²) in [5, 5.41) is 27.9. The number of rotatable bonds is 1. The fourth-order valence-electron chi connectivity index (χ4n) is 6.61. The number of furan rings is 2. The van der Waals surface area contributed by atoms with Crippen LogP contribution in [0.3, 0.4) is 0 Å². The van der Waals surface area contributed by atoms with Gasteiger partial charge in [0.2, 0.25) is 0 Å². The molecule has 9 aromatic rings. The van der Waals surface area contributed by atoms with E-state index in [9.17, 15) is 10.5 Å². The third kappa shape index (κ3) is 2.77. The largest absolute Gasteiger partial charge is 0.456 e. The summed E-state index contributed by atoms with van der Waals surface area (Å²) in [7, 11) is 0. The highest BCUT2D eigenvalue weighted by molar-refractivity contribution is 6.40. The highest BCUT2D eigenvalue weighted by atomic mass is 16.3. The second kappa shape index (κ2) is 7.76. The van der Waals surface area contributed by atoms with Gasteiger partial charge in [-0.25, -0.2) is 0 Å². The quantitative estimate of drug-likeness (QED) is 0.215. The minimum absolute atomic E-state index is 0.433. The van der Waals surface area contributed by atoms with Crippen molar-refractivity contribution in [3.8, 4) is 17.8 Å². The van der Waals surface area contributed by atoms with Gasteiger partial charge < -0.3 is 13.4 Å². The van der Waals surface area contributed by atoms with Crippen LogP contribution >= 0.6 is 0 Å². The van der Waals surface area contributed by atoms with Crippen LogP contribution < -0.4 is 0 Å². The first kappa shape index (κ1) is 21.8. The van der Waals surface area contributed by atoms with Gasteiger partial charge in [0.25, 0.3) is 0 Å². The molecule has 0 amide bonds. The molecular weight excluding hydrogens is 506 g/mol. The summed E-state index contributed by atoms with van der Waals surface area (Å²) in [5.74, 6) is 0. The molecule has 0 aliphatic rings. The van der Waals surface area contributed by atoms with Gasteiger partial charge in [0, 0.05) is 43.4 Å². The average molecular weight is 524 g/mol. The van der Waals surface area contributed by atoms with Crippen LogP contribution in [-0.2, 0) is 0 Å². The maximum atomic E-state index is 9.80. The Bertz CT molecular complexity index is 2640. The van der Waals surface area contributed by atoms with Gasteiger partial charge >= 0.3 is 0 Å². The fraction of sp³-hybridized carbons (Fsp3) is 0. The first-order valence-electron chi connectivity index (χ1n) is 13.3. The molecule has 6 aromatic carbocycles. The zero-order chi connectivity index (χ0) is 27.2. The molecule has 3 heterocycles. The molecule has 41 heavy (non-hydrogen) atoms. The lowest BCUT2D eigenvalue weighted by Crippen LogP contribution is -1.97. The van der Waals surface area contributed by atoms with Crippen molar-refractivity contribution in [1.29, 1.82) is 10.5 Å². The smallest absolute Gasteiger partial charge is 0.146 e. The van der Waals surface area contributed by atoms with Gasteiger partial charge in [-0.05, 0) is 48.5 Å². The van der Waals surface area contributed by atoms with Crippen LogP contribution in [0.5, 0.6) is 0 Å². The summed E-state index contributed by atoms with van der Waals surface area (Å²) in [6.07, 6.45) is 0. The molecule has 5 nitrogen and oxygen atoms in total. The molecule has 0 unspecified atom stereocenters. The van der Waals surface area contributed by atoms with Crippen LogP contribution in [0.15, 0.2) is 112 Å². The van der Waals surface area contributed by atoms with Crippen molar-refractivity contribution < 1.29 is 8.83 Å². The number of fused-ring (bicyclic) bond motifs is 14. The fourth-order valence-corrected chi connectivity index (χ4v) is 6.61. The van der Waals surface area contributed by atoms with Gasteiger partial charge in [0.05, 0.1) is 39.7 Å². The number of aromatic nitrogens is 1. The molecule has 0 saturated heterocycles. The van der Waals surface area contributed by atoms with Crippen molar-refractivity contribution >= 4 is 76.5 Å². The predicted molar refractivity (Wildman–Crippen MR) is 162 cm³/mol. The summed E-state index contributed by atoms with van der Waals surface area (Å²) >= 11 is 0. The topological polar surface area (TPSA) is 78.8 Å². The van der Waals surface area contributed by atoms with Crippen LogP contribution in [0, 0.1) is 22.7 Å². The maximum Gasteiger partial charge on any atom is 0.146 e. The van der Waals surface area contributed by atoms with Crippen molar-refractivity contribution in [2.24, 2.45) is 0 Å². The summed E-state index contributed by atoms with van der Waals surface area (Å²) in [5.41, 5.74) is 6.80. The first-order valence-corrected chi connectivity index (χ1v) is 13.3. The number of benzene rings is 6. The van der Waals surface area contributed by atoms with E-state index in [2.05, 4.69) is 47.0 Å². The van der Waals surface area contributed by atoms with E-state index in [4.69, 9.17) is 8.83 Å². The molecular formula is C36H17N3O2. The Morgan fingerprint density at radius 3 is 1.88 bits per heavy atom. The summed E-state index contributed by atoms with van der Waals surface area (Å²) in [6.45, 7) is 0. The van der Waals surface area contributed by atoms with Crippen molar-refractivity contribution in [2.75, 3.05) is 0 Å². The van der Waals surface area contributed by atoms with E-state index in [-0.39, 0.29) is 0 Å². The summed E-state index contributed by atoms with van der Waals surface area (Å²) < 4.78 is 15.2. The number of hydrogen-bond donors (Lipinski definition) is 0. The molecule has 5 heteroatoms. The zero-order valence-corrected chi connectivity index (χ0v) is 21.5. The molecule has 0 spiro atoms. The lowest BCUT2D eigenvalue weighted by molar-refractivity contribution is 0.669. The normalized spacial score (nSPS) is 11.9. The standard InChI is InChI=1S/C36H17N3O2/c37-18-20-15-21(19-38)17-22(16-20)39-27-10-4-1-7-23(27)34-35(39)26-13-14-30-31(24-8-2-5-11-28(24)40-30)32(26)33-25-9-3-6-12-29(25)41-36(33)34/h1-17H. The van der Waals surface area contributed by atoms with E-state index in [1.165, 1.54) is 0 Å². The summed E-state index contributed by atoms with van der Waals surface area (Å²) in [6, 6.07) is 38.4. The summed E-state index contributed by atoms with van der Waals surface area (Å²) in [4.78, 5) is 0. The number of nitriles is 2. The number of para-hydroxylation sites is 3. The van der Waals surface area contributed by atoms with Gasteiger partial charge in [0.15, 0.2) is 0 Å². The molecule has 0 bridgehead atoms. The van der Waals surface area contributed by atoms with Crippen molar-refractivity contribution in [2.45, 2.75) is 0 Å². The van der Waals surface area contributed by atoms with Gasteiger partial charge in [0.1, 0.15) is 22.3 Å². The number of nitrogens with zero attached hydrogens (tertiary/aromatic N) is 3. The number of hydrogen-bond acceptors (Lipinski definition) is 4. The molecule has 0 aliphatic heterocycles. The van der Waals surface area contributed by atoms with Crippen LogP contribution in [0.25, 0.3) is 82.1 Å². The second-order valence-electron chi connectivity index (χ2n) is 10.3. The van der Waals surface area contributed by atoms with Crippen LogP contribution in [-0.4, -0.2) is 4.57 Å². The van der Waals surface area contributed by atoms with Crippen molar-refractivity contribution in [1.82, 2.24) is 4.57 Å². The Labute approximate surface area is 232 Å². The average Bonchev–Trinajstić information content (AvgIpc) is 3.70. The molecule has 3 aromatic heterocycles. The molecule has 0 fully saturated rings. The molecule has 0 radical (unpaired) electrons. The monoisotopic (exact) mass is 523 g/mol. The Kier molecular flexibility index (Phi) is 4.13. The Morgan fingerprint density at radius 2 is 1.15 bits per heavy atom. The highest BCUT2D eigenvalue weighted by Gasteiger charge is 2.25. The highest BCUT2D eigenvalue weighted by Crippen LogP contribution is 2.49. The van der Waals surface area contributed by atoms with E-state index in [0.29, 0.717) is 11.1 Å². The Hall–Kier alpha value is -6.04. The van der Waals surface area contributed by atoms with Gasteiger partial charge in [-0.15, -0.1) is 0 Å². The second-order valence-corrected chi connectivity index (χ2v) is 10.3. The zero-order valence-electron chi connectivity index (χ0n) is 21.5. The van der Waals surface area contributed by atoms with Gasteiger partial charge in [-0.3, -0.25) is 0 Å². The predicted octanol–water partition coefficient (Wildman–Crippen LogP) is 9.48. The molecule has 0 aliphatic carbocycles. The van der Waals surface area contributed by atoms with Crippen molar-refractivity contribution in [3.05, 3.63) is 114 Å². The SMILES string of the molecule is N#Cc1cc(C#N)cc(-n2c3ccccc3c3c4oc5ccccc5c4c4c(ccc5oc6ccccc6c54)c32)c1. The van der Waals surface area contributed by atoms with Gasteiger partial charge in [-0.1, -0.05) is 54.6 Å². The lowest BCUT2D eigenvalue weighted by atomic mass is 9.95. The van der Waals surface area contributed by atoms with E-state index in [1.807, 2.05) is 66.7 Å². The van der Waals surface area contributed by atoms with E-state index in [0.717, 1.165) is 82.1 Å². The Balaban J connectivity index is 1.65. The molecule has 0 atom stereocenters. The molecule has 0 saturated carbocycles. The third-order valence-corrected chi connectivity index (χ3v) is 8.18. The van der Waals surface area contributed by atoms with Crippen LogP contribution in [0.2, 0.25) is 0 Å². The first-order chi connectivity index (χ1) is 20.2. The maximum absolute atomic E-state index is 9.80. The van der Waals surface area contributed by atoms with Crippen LogP contribution in [0.1, 0.15) is 11.1 Å². The lowest BCUT2D eigenvalue weighted by Gasteiger charge is -2.12. The molecule has 188 valence electrons. The Morgan fingerprint density at radius 1 is 0.512 bits per heavy atom. The molecule has 9 rings (SSSR count). The van der Waals surface area contributed by atoms with Crippen LogP contribution in [0.4, 0.5) is 0 Å². The van der Waals surface area contributed by atoms with E-state index >= 15 is 0 Å². The van der Waals surface area contributed by atoms with E-state index < -0.39 is 0 Å². The molecule has 0 N–H and O–H groups in total. The van der Waals surface area contributed by atoms with Crippen molar-refractivity contribution in [3.63, 3.8) is 0 Å². The van der Waals surface area contributed by atoms with E-state index in [1.54, 1.807) is 6.07 Å². The van der Waals surface area contributed by atoms with Gasteiger partial charge in [-0.2, -0.15) is 10.5 Å².